The van der Waals surface area contributed by atoms with Crippen LogP contribution in [-0.2, 0) is 4.74 Å². The molecule has 0 bridgehead atoms. The van der Waals surface area contributed by atoms with Crippen molar-refractivity contribution in [3.63, 3.8) is 0 Å². The number of nitrogens with zero attached hydrogens (tertiary/aromatic N) is 1. The Hall–Kier alpha value is -1.13. The van der Waals surface area contributed by atoms with Crippen LogP contribution in [0, 0.1) is 0 Å². The topological polar surface area (TPSA) is 57.4 Å². The molecule has 96 valence electrons. The highest BCUT2D eigenvalue weighted by atomic mass is 16.5. The molecular weight excluding hydrogens is 216 g/mol. The van der Waals surface area contributed by atoms with Crippen LogP contribution in [0.5, 0.6) is 5.75 Å². The minimum Gasteiger partial charge on any atom is -0.492 e. The van der Waals surface area contributed by atoms with E-state index in [1.165, 1.54) is 0 Å². The van der Waals surface area contributed by atoms with Crippen molar-refractivity contribution >= 4 is 0 Å². The lowest BCUT2D eigenvalue weighted by atomic mass is 10.1. The van der Waals surface area contributed by atoms with Crippen molar-refractivity contribution < 1.29 is 9.47 Å². The van der Waals surface area contributed by atoms with Gasteiger partial charge >= 0.3 is 0 Å². The van der Waals surface area contributed by atoms with Gasteiger partial charge in [0.2, 0.25) is 0 Å². The van der Waals surface area contributed by atoms with Gasteiger partial charge in [-0.15, -0.1) is 0 Å². The molecule has 0 spiro atoms. The van der Waals surface area contributed by atoms with Crippen LogP contribution in [0.1, 0.15) is 38.3 Å². The molecule has 1 atom stereocenters. The zero-order chi connectivity index (χ0) is 12.5. The monoisotopic (exact) mass is 238 g/mol. The second-order valence-corrected chi connectivity index (χ2v) is 3.89. The lowest BCUT2D eigenvalue weighted by molar-refractivity contribution is 0.140. The van der Waals surface area contributed by atoms with Gasteiger partial charge in [0.15, 0.2) is 0 Å². The predicted molar refractivity (Wildman–Crippen MR) is 68.1 cm³/mol. The lowest BCUT2D eigenvalue weighted by Crippen LogP contribution is -2.13. The van der Waals surface area contributed by atoms with E-state index in [9.17, 15) is 0 Å². The summed E-state index contributed by atoms with van der Waals surface area (Å²) in [6.45, 7) is 6.17. The smallest absolute Gasteiger partial charge is 0.137 e. The van der Waals surface area contributed by atoms with Gasteiger partial charge in [0.25, 0.3) is 0 Å². The largest absolute Gasteiger partial charge is 0.492 e. The quantitative estimate of drug-likeness (QED) is 0.706. The lowest BCUT2D eigenvalue weighted by Gasteiger charge is -2.13. The fourth-order valence-corrected chi connectivity index (χ4v) is 1.46. The van der Waals surface area contributed by atoms with Crippen molar-refractivity contribution in [2.24, 2.45) is 5.73 Å². The summed E-state index contributed by atoms with van der Waals surface area (Å²) < 4.78 is 10.8. The molecule has 4 nitrogen and oxygen atoms in total. The molecule has 4 heteroatoms. The summed E-state index contributed by atoms with van der Waals surface area (Å²) in [5.74, 6) is 0.788. The summed E-state index contributed by atoms with van der Waals surface area (Å²) in [5, 5.41) is 0. The molecule has 17 heavy (non-hydrogen) atoms. The Labute approximate surface area is 103 Å². The zero-order valence-corrected chi connectivity index (χ0v) is 10.7. The van der Waals surface area contributed by atoms with E-state index in [0.29, 0.717) is 13.2 Å². The Kier molecular flexibility index (Phi) is 6.58. The number of hydrogen-bond acceptors (Lipinski definition) is 4. The molecule has 0 saturated carbocycles. The van der Waals surface area contributed by atoms with E-state index < -0.39 is 0 Å². The second-order valence-electron chi connectivity index (χ2n) is 3.89. The Morgan fingerprint density at radius 1 is 1.29 bits per heavy atom. The maximum Gasteiger partial charge on any atom is 0.137 e. The fourth-order valence-electron chi connectivity index (χ4n) is 1.46. The predicted octanol–water partition coefficient (Wildman–Crippen LogP) is 2.30. The van der Waals surface area contributed by atoms with Crippen molar-refractivity contribution in [2.45, 2.75) is 32.7 Å². The number of rotatable bonds is 8. The Morgan fingerprint density at radius 3 is 2.82 bits per heavy atom. The van der Waals surface area contributed by atoms with Gasteiger partial charge in [-0.3, -0.25) is 4.98 Å². The summed E-state index contributed by atoms with van der Waals surface area (Å²) in [5.41, 5.74) is 7.06. The molecule has 0 fully saturated rings. The number of pyridine rings is 1. The van der Waals surface area contributed by atoms with Crippen LogP contribution in [-0.4, -0.2) is 24.8 Å². The molecule has 0 aromatic carbocycles. The number of aromatic nitrogens is 1. The van der Waals surface area contributed by atoms with Crippen LogP contribution in [0.2, 0.25) is 0 Å². The van der Waals surface area contributed by atoms with E-state index >= 15 is 0 Å². The standard InChI is InChI=1S/C13H22N2O2/c1-3-6-17-12-8-11(9-15-10-12)13(14)5-7-16-4-2/h8-10,13H,3-7,14H2,1-2H3. The molecule has 0 radical (unpaired) electrons. The molecule has 1 unspecified atom stereocenters. The first-order valence-corrected chi connectivity index (χ1v) is 6.19. The average Bonchev–Trinajstić information content (AvgIpc) is 2.37. The molecule has 1 aromatic heterocycles. The van der Waals surface area contributed by atoms with E-state index in [0.717, 1.165) is 30.8 Å². The summed E-state index contributed by atoms with van der Waals surface area (Å²) in [4.78, 5) is 4.14. The van der Waals surface area contributed by atoms with E-state index in [1.54, 1.807) is 12.4 Å². The molecule has 1 heterocycles. The van der Waals surface area contributed by atoms with E-state index in [1.807, 2.05) is 13.0 Å². The molecule has 0 saturated heterocycles. The van der Waals surface area contributed by atoms with Gasteiger partial charge < -0.3 is 15.2 Å². The van der Waals surface area contributed by atoms with Gasteiger partial charge in [0.1, 0.15) is 5.75 Å². The summed E-state index contributed by atoms with van der Waals surface area (Å²) >= 11 is 0. The average molecular weight is 238 g/mol. The van der Waals surface area contributed by atoms with Crippen molar-refractivity contribution in [1.82, 2.24) is 4.98 Å². The maximum absolute atomic E-state index is 6.06. The Morgan fingerprint density at radius 2 is 2.12 bits per heavy atom. The van der Waals surface area contributed by atoms with Crippen LogP contribution >= 0.6 is 0 Å². The van der Waals surface area contributed by atoms with Crippen molar-refractivity contribution in [1.29, 1.82) is 0 Å². The summed E-state index contributed by atoms with van der Waals surface area (Å²) in [6.07, 6.45) is 5.29. The minimum atomic E-state index is -0.0424. The van der Waals surface area contributed by atoms with Crippen molar-refractivity contribution in [3.8, 4) is 5.75 Å². The zero-order valence-electron chi connectivity index (χ0n) is 10.7. The van der Waals surface area contributed by atoms with Crippen LogP contribution in [0.15, 0.2) is 18.5 Å². The van der Waals surface area contributed by atoms with Crippen molar-refractivity contribution in [3.05, 3.63) is 24.0 Å². The van der Waals surface area contributed by atoms with E-state index in [2.05, 4.69) is 11.9 Å². The van der Waals surface area contributed by atoms with Gasteiger partial charge in [-0.05, 0) is 31.4 Å². The Balaban J connectivity index is 2.51. The highest BCUT2D eigenvalue weighted by Gasteiger charge is 2.07. The summed E-state index contributed by atoms with van der Waals surface area (Å²) in [6, 6.07) is 1.92. The molecular formula is C13H22N2O2. The third-order valence-corrected chi connectivity index (χ3v) is 2.41. The third kappa shape index (κ3) is 5.15. The first-order chi connectivity index (χ1) is 8.27. The normalized spacial score (nSPS) is 12.4. The van der Waals surface area contributed by atoms with Crippen LogP contribution in [0.4, 0.5) is 0 Å². The van der Waals surface area contributed by atoms with E-state index in [-0.39, 0.29) is 6.04 Å². The van der Waals surface area contributed by atoms with Crippen LogP contribution in [0.25, 0.3) is 0 Å². The van der Waals surface area contributed by atoms with Gasteiger partial charge in [-0.25, -0.2) is 0 Å². The second kappa shape index (κ2) is 8.03. The van der Waals surface area contributed by atoms with Crippen molar-refractivity contribution in [2.75, 3.05) is 19.8 Å². The van der Waals surface area contributed by atoms with Crippen LogP contribution in [0.3, 0.4) is 0 Å². The first kappa shape index (κ1) is 13.9. The van der Waals surface area contributed by atoms with Gasteiger partial charge in [0.05, 0.1) is 12.8 Å². The minimum absolute atomic E-state index is 0.0424. The first-order valence-electron chi connectivity index (χ1n) is 6.19. The fraction of sp³-hybridized carbons (Fsp3) is 0.615. The highest BCUT2D eigenvalue weighted by molar-refractivity contribution is 5.25. The van der Waals surface area contributed by atoms with E-state index in [4.69, 9.17) is 15.2 Å². The molecule has 1 rings (SSSR count). The number of hydrogen-bond donors (Lipinski definition) is 1. The molecule has 1 aromatic rings. The van der Waals surface area contributed by atoms with Crippen LogP contribution < -0.4 is 10.5 Å². The molecule has 2 N–H and O–H groups in total. The summed E-state index contributed by atoms with van der Waals surface area (Å²) in [7, 11) is 0. The maximum atomic E-state index is 6.06. The highest BCUT2D eigenvalue weighted by Crippen LogP contribution is 2.18. The van der Waals surface area contributed by atoms with Gasteiger partial charge in [0, 0.05) is 25.5 Å². The van der Waals surface area contributed by atoms with Gasteiger partial charge in [-0.2, -0.15) is 0 Å². The third-order valence-electron chi connectivity index (χ3n) is 2.41. The molecule has 0 aliphatic heterocycles. The van der Waals surface area contributed by atoms with Gasteiger partial charge in [-0.1, -0.05) is 6.92 Å². The number of nitrogens with two attached hydrogens (primary N) is 1. The number of ether oxygens (including phenoxy) is 2. The molecule has 0 aliphatic rings. The SMILES string of the molecule is CCCOc1cncc(C(N)CCOCC)c1. The molecule has 0 amide bonds. The molecule has 0 aliphatic carbocycles. The Bertz CT molecular complexity index is 318.